The Kier molecular flexibility index (Phi) is 4.08. The molecule has 16 heavy (non-hydrogen) atoms. The van der Waals surface area contributed by atoms with Crippen molar-refractivity contribution >= 4 is 17.7 Å². The number of carbonyl (C=O) groups excluding carboxylic acids is 1. The number of nitriles is 1. The standard InChI is InChI=1S/C11H17N3OS/c12-7-9-8-13-4-5-14(9)11(15)10-3-1-2-6-16-10/h9-10,13H,1-6,8H2. The molecular weight excluding hydrogens is 222 g/mol. The third kappa shape index (κ3) is 2.50. The Labute approximate surface area is 100 Å². The molecule has 0 bridgehead atoms. The minimum Gasteiger partial charge on any atom is -0.323 e. The molecule has 2 atom stereocenters. The second kappa shape index (κ2) is 5.55. The smallest absolute Gasteiger partial charge is 0.236 e. The highest BCUT2D eigenvalue weighted by atomic mass is 32.2. The summed E-state index contributed by atoms with van der Waals surface area (Å²) in [6.07, 6.45) is 3.34. The Morgan fingerprint density at radius 1 is 1.50 bits per heavy atom. The molecule has 2 aliphatic heterocycles. The van der Waals surface area contributed by atoms with Crippen molar-refractivity contribution in [3.63, 3.8) is 0 Å². The molecule has 0 aromatic rings. The van der Waals surface area contributed by atoms with Crippen molar-refractivity contribution in [3.05, 3.63) is 0 Å². The van der Waals surface area contributed by atoms with Gasteiger partial charge in [0.05, 0.1) is 11.3 Å². The van der Waals surface area contributed by atoms with Gasteiger partial charge in [0.2, 0.25) is 5.91 Å². The molecule has 0 spiro atoms. The number of piperazine rings is 1. The van der Waals surface area contributed by atoms with E-state index in [1.165, 1.54) is 6.42 Å². The van der Waals surface area contributed by atoms with Crippen LogP contribution in [0.2, 0.25) is 0 Å². The third-order valence-corrected chi connectivity index (χ3v) is 4.49. The molecule has 0 aromatic carbocycles. The van der Waals surface area contributed by atoms with E-state index in [-0.39, 0.29) is 17.2 Å². The molecule has 1 N–H and O–H groups in total. The maximum Gasteiger partial charge on any atom is 0.236 e. The van der Waals surface area contributed by atoms with E-state index in [1.54, 1.807) is 16.7 Å². The van der Waals surface area contributed by atoms with Crippen LogP contribution in [0.3, 0.4) is 0 Å². The molecular formula is C11H17N3OS. The lowest BCUT2D eigenvalue weighted by Gasteiger charge is -2.35. The van der Waals surface area contributed by atoms with Crippen molar-refractivity contribution in [2.24, 2.45) is 0 Å². The molecule has 2 fully saturated rings. The summed E-state index contributed by atoms with van der Waals surface area (Å²) in [6.45, 7) is 2.09. The van der Waals surface area contributed by atoms with Crippen molar-refractivity contribution in [1.29, 1.82) is 5.26 Å². The molecule has 88 valence electrons. The molecule has 2 aliphatic rings. The van der Waals surface area contributed by atoms with Crippen LogP contribution in [-0.4, -0.2) is 47.5 Å². The summed E-state index contributed by atoms with van der Waals surface area (Å²) in [7, 11) is 0. The first kappa shape index (κ1) is 11.7. The van der Waals surface area contributed by atoms with Crippen LogP contribution in [-0.2, 0) is 4.79 Å². The van der Waals surface area contributed by atoms with E-state index in [0.717, 1.165) is 25.1 Å². The van der Waals surface area contributed by atoms with Gasteiger partial charge in [-0.3, -0.25) is 4.79 Å². The van der Waals surface area contributed by atoms with Crippen LogP contribution >= 0.6 is 11.8 Å². The van der Waals surface area contributed by atoms with Gasteiger partial charge in [0.15, 0.2) is 0 Å². The van der Waals surface area contributed by atoms with Crippen molar-refractivity contribution in [2.45, 2.75) is 30.6 Å². The number of carbonyl (C=O) groups is 1. The Morgan fingerprint density at radius 3 is 3.06 bits per heavy atom. The molecule has 5 heteroatoms. The minimum absolute atomic E-state index is 0.0997. The van der Waals surface area contributed by atoms with Gasteiger partial charge in [-0.2, -0.15) is 5.26 Å². The van der Waals surface area contributed by atoms with E-state index in [4.69, 9.17) is 5.26 Å². The average molecular weight is 239 g/mol. The molecule has 0 aliphatic carbocycles. The first-order chi connectivity index (χ1) is 7.83. The van der Waals surface area contributed by atoms with Crippen molar-refractivity contribution in [2.75, 3.05) is 25.4 Å². The monoisotopic (exact) mass is 239 g/mol. The summed E-state index contributed by atoms with van der Waals surface area (Å²) in [5, 5.41) is 12.3. The summed E-state index contributed by atoms with van der Waals surface area (Å²) in [4.78, 5) is 14.0. The summed E-state index contributed by atoms with van der Waals surface area (Å²) < 4.78 is 0. The Bertz CT molecular complexity index is 296. The van der Waals surface area contributed by atoms with Gasteiger partial charge in [-0.1, -0.05) is 6.42 Å². The second-order valence-corrected chi connectivity index (χ2v) is 5.55. The average Bonchev–Trinajstić information content (AvgIpc) is 2.39. The van der Waals surface area contributed by atoms with E-state index in [9.17, 15) is 4.79 Å². The fourth-order valence-corrected chi connectivity index (χ4v) is 3.47. The molecule has 0 radical (unpaired) electrons. The predicted octanol–water partition coefficient (Wildman–Crippen LogP) is 0.596. The summed E-state index contributed by atoms with van der Waals surface area (Å²) in [6, 6.07) is 1.93. The van der Waals surface area contributed by atoms with E-state index >= 15 is 0 Å². The highest BCUT2D eigenvalue weighted by Gasteiger charge is 2.32. The Hall–Kier alpha value is -0.730. The zero-order valence-electron chi connectivity index (χ0n) is 9.32. The number of nitrogens with zero attached hydrogens (tertiary/aromatic N) is 2. The van der Waals surface area contributed by atoms with E-state index < -0.39 is 0 Å². The fourth-order valence-electron chi connectivity index (χ4n) is 2.20. The molecule has 0 aromatic heterocycles. The van der Waals surface area contributed by atoms with Crippen LogP contribution in [0.15, 0.2) is 0 Å². The molecule has 4 nitrogen and oxygen atoms in total. The molecule has 1 amide bonds. The van der Waals surface area contributed by atoms with E-state index in [0.29, 0.717) is 13.1 Å². The highest BCUT2D eigenvalue weighted by molar-refractivity contribution is 8.00. The van der Waals surface area contributed by atoms with Crippen molar-refractivity contribution < 1.29 is 4.79 Å². The minimum atomic E-state index is -0.274. The first-order valence-corrected chi connectivity index (χ1v) is 6.90. The van der Waals surface area contributed by atoms with Crippen LogP contribution in [0.1, 0.15) is 19.3 Å². The number of thioether (sulfide) groups is 1. The SMILES string of the molecule is N#CC1CNCCN1C(=O)C1CCCCS1. The molecule has 2 saturated heterocycles. The maximum atomic E-state index is 12.2. The first-order valence-electron chi connectivity index (χ1n) is 5.85. The number of hydrogen-bond acceptors (Lipinski definition) is 4. The lowest BCUT2D eigenvalue weighted by Crippen LogP contribution is -2.55. The number of amides is 1. The number of hydrogen-bond donors (Lipinski definition) is 1. The predicted molar refractivity (Wildman–Crippen MR) is 64.1 cm³/mol. The van der Waals surface area contributed by atoms with Gasteiger partial charge in [0.1, 0.15) is 6.04 Å². The molecule has 2 heterocycles. The van der Waals surface area contributed by atoms with Gasteiger partial charge < -0.3 is 10.2 Å². The lowest BCUT2D eigenvalue weighted by molar-refractivity contribution is -0.132. The maximum absolute atomic E-state index is 12.2. The largest absolute Gasteiger partial charge is 0.323 e. The van der Waals surface area contributed by atoms with Crippen LogP contribution < -0.4 is 5.32 Å². The summed E-state index contributed by atoms with van der Waals surface area (Å²) in [5.74, 6) is 1.26. The quantitative estimate of drug-likeness (QED) is 0.728. The molecule has 2 rings (SSSR count). The van der Waals surface area contributed by atoms with Gasteiger partial charge in [0, 0.05) is 19.6 Å². The van der Waals surface area contributed by atoms with Crippen molar-refractivity contribution in [3.8, 4) is 6.07 Å². The zero-order chi connectivity index (χ0) is 11.4. The number of rotatable bonds is 1. The van der Waals surface area contributed by atoms with Crippen molar-refractivity contribution in [1.82, 2.24) is 10.2 Å². The van der Waals surface area contributed by atoms with Gasteiger partial charge >= 0.3 is 0 Å². The van der Waals surface area contributed by atoms with Crippen LogP contribution in [0.25, 0.3) is 0 Å². The van der Waals surface area contributed by atoms with Crippen LogP contribution in [0, 0.1) is 11.3 Å². The molecule has 0 saturated carbocycles. The van der Waals surface area contributed by atoms with E-state index in [2.05, 4.69) is 11.4 Å². The summed E-state index contributed by atoms with van der Waals surface area (Å²) in [5.41, 5.74) is 0. The molecule has 2 unspecified atom stereocenters. The van der Waals surface area contributed by atoms with E-state index in [1.807, 2.05) is 0 Å². The topological polar surface area (TPSA) is 56.1 Å². The van der Waals surface area contributed by atoms with Gasteiger partial charge in [-0.15, -0.1) is 11.8 Å². The summed E-state index contributed by atoms with van der Waals surface area (Å²) >= 11 is 1.76. The Morgan fingerprint density at radius 2 is 2.38 bits per heavy atom. The fraction of sp³-hybridized carbons (Fsp3) is 0.818. The van der Waals surface area contributed by atoms with Crippen LogP contribution in [0.5, 0.6) is 0 Å². The highest BCUT2D eigenvalue weighted by Crippen LogP contribution is 2.27. The Balaban J connectivity index is 1.98. The zero-order valence-corrected chi connectivity index (χ0v) is 10.1. The van der Waals surface area contributed by atoms with Gasteiger partial charge in [-0.05, 0) is 18.6 Å². The lowest BCUT2D eigenvalue weighted by atomic mass is 10.1. The van der Waals surface area contributed by atoms with Crippen LogP contribution in [0.4, 0.5) is 0 Å². The third-order valence-electron chi connectivity index (χ3n) is 3.13. The second-order valence-electron chi connectivity index (χ2n) is 4.24. The number of nitrogens with one attached hydrogen (secondary N) is 1. The van der Waals surface area contributed by atoms with Gasteiger partial charge in [-0.25, -0.2) is 0 Å². The van der Waals surface area contributed by atoms with Gasteiger partial charge in [0.25, 0.3) is 0 Å². The normalized spacial score (nSPS) is 30.8.